The minimum absolute atomic E-state index is 0.125. The zero-order valence-corrected chi connectivity index (χ0v) is 30.5. The van der Waals surface area contributed by atoms with E-state index in [2.05, 4.69) is 13.8 Å². The van der Waals surface area contributed by atoms with Gasteiger partial charge in [-0.05, 0) is 26.7 Å². The maximum absolute atomic E-state index is 13.6. The van der Waals surface area contributed by atoms with Crippen LogP contribution in [0.1, 0.15) is 207 Å². The molecule has 1 aliphatic heterocycles. The number of unbranched alkanes of at least 4 members (excludes halogenated alkanes) is 24. The van der Waals surface area contributed by atoms with Crippen LogP contribution in [0.5, 0.6) is 0 Å². The molecule has 0 aromatic carbocycles. The van der Waals surface area contributed by atoms with Gasteiger partial charge in [-0.15, -0.1) is 0 Å². The molecule has 0 aromatic rings. The molecule has 0 spiro atoms. The van der Waals surface area contributed by atoms with E-state index >= 15 is 0 Å². The zero-order chi connectivity index (χ0) is 33.4. The van der Waals surface area contributed by atoms with Crippen LogP contribution >= 0.6 is 0 Å². The molecule has 0 radical (unpaired) electrons. The SMILES string of the molecule is CCCCCCCCCCCCCCCC(=O)C(C)(C(=O)CCCCCCCCCCCCCCC)C1(C(C)O)OS(=O)(=O)O1. The molecule has 1 atom stereocenters. The summed E-state index contributed by atoms with van der Waals surface area (Å²) < 4.78 is 33.9. The normalized spacial score (nSPS) is 16.4. The van der Waals surface area contributed by atoms with Gasteiger partial charge in [-0.3, -0.25) is 9.59 Å². The fourth-order valence-corrected chi connectivity index (χ4v) is 7.91. The minimum atomic E-state index is -4.35. The Hall–Kier alpha value is -0.830. The van der Waals surface area contributed by atoms with Crippen molar-refractivity contribution in [3.63, 3.8) is 0 Å². The van der Waals surface area contributed by atoms with E-state index in [-0.39, 0.29) is 12.8 Å². The fraction of sp³-hybridized carbons (Fsp3) is 0.946. The first-order valence-electron chi connectivity index (χ1n) is 19.0. The summed E-state index contributed by atoms with van der Waals surface area (Å²) in [5.41, 5.74) is -1.89. The van der Waals surface area contributed by atoms with E-state index in [1.165, 1.54) is 129 Å². The lowest BCUT2D eigenvalue weighted by atomic mass is 9.69. The largest absolute Gasteiger partial charge is 0.405 e. The van der Waals surface area contributed by atoms with E-state index in [0.717, 1.165) is 38.5 Å². The van der Waals surface area contributed by atoms with E-state index in [4.69, 9.17) is 8.37 Å². The van der Waals surface area contributed by atoms with E-state index in [1.807, 2.05) is 0 Å². The Morgan fingerprint density at radius 2 is 0.800 bits per heavy atom. The molecule has 1 aliphatic rings. The van der Waals surface area contributed by atoms with Gasteiger partial charge in [0.25, 0.3) is 5.79 Å². The lowest BCUT2D eigenvalue weighted by Crippen LogP contribution is -2.71. The molecule has 0 aromatic heterocycles. The second-order valence-corrected chi connectivity index (χ2v) is 15.0. The highest BCUT2D eigenvalue weighted by molar-refractivity contribution is 7.82. The van der Waals surface area contributed by atoms with Crippen molar-refractivity contribution in [2.45, 2.75) is 219 Å². The molecule has 1 unspecified atom stereocenters. The van der Waals surface area contributed by atoms with Crippen LogP contribution in [0, 0.1) is 5.41 Å². The predicted octanol–water partition coefficient (Wildman–Crippen LogP) is 10.5. The topological polar surface area (TPSA) is 107 Å². The van der Waals surface area contributed by atoms with Crippen molar-refractivity contribution >= 4 is 22.0 Å². The van der Waals surface area contributed by atoms with Gasteiger partial charge in [0.1, 0.15) is 11.5 Å². The number of hydrogen-bond acceptors (Lipinski definition) is 7. The molecule has 7 nitrogen and oxygen atoms in total. The molecule has 1 N–H and O–H groups in total. The number of rotatable bonds is 32. The number of carbonyl (C=O) groups is 2. The third-order valence-corrected chi connectivity index (χ3v) is 10.7. The van der Waals surface area contributed by atoms with Crippen molar-refractivity contribution in [2.75, 3.05) is 0 Å². The Kier molecular flexibility index (Phi) is 22.8. The average Bonchev–Trinajstić information content (AvgIpc) is 2.99. The zero-order valence-electron chi connectivity index (χ0n) is 29.7. The van der Waals surface area contributed by atoms with E-state index < -0.39 is 39.3 Å². The summed E-state index contributed by atoms with van der Waals surface area (Å²) in [5.74, 6) is -3.03. The van der Waals surface area contributed by atoms with Crippen molar-refractivity contribution in [2.24, 2.45) is 5.41 Å². The molecule has 0 bridgehead atoms. The minimum Gasteiger partial charge on any atom is -0.388 e. The summed E-state index contributed by atoms with van der Waals surface area (Å²) in [5, 5.41) is 10.5. The molecular formula is C37H70O7S. The predicted molar refractivity (Wildman–Crippen MR) is 184 cm³/mol. The molecular weight excluding hydrogens is 588 g/mol. The average molecular weight is 659 g/mol. The first kappa shape index (κ1) is 42.2. The molecule has 1 heterocycles. The van der Waals surface area contributed by atoms with Gasteiger partial charge in [-0.25, -0.2) is 8.37 Å². The monoisotopic (exact) mass is 658 g/mol. The van der Waals surface area contributed by atoms with Crippen LogP contribution in [-0.2, 0) is 28.4 Å². The van der Waals surface area contributed by atoms with Gasteiger partial charge < -0.3 is 5.11 Å². The van der Waals surface area contributed by atoms with Gasteiger partial charge in [0, 0.05) is 12.8 Å². The number of ketones is 2. The Bertz CT molecular complexity index is 829. The lowest BCUT2D eigenvalue weighted by Gasteiger charge is -2.50. The highest BCUT2D eigenvalue weighted by atomic mass is 32.3. The smallest absolute Gasteiger partial charge is 0.388 e. The van der Waals surface area contributed by atoms with Crippen molar-refractivity contribution in [1.82, 2.24) is 0 Å². The third-order valence-electron chi connectivity index (χ3n) is 9.83. The summed E-state index contributed by atoms with van der Waals surface area (Å²) in [6, 6.07) is 0. The summed E-state index contributed by atoms with van der Waals surface area (Å²) in [6.07, 6.45) is 29.5. The molecule has 1 fully saturated rings. The fourth-order valence-electron chi connectivity index (χ4n) is 6.68. The summed E-state index contributed by atoms with van der Waals surface area (Å²) in [7, 11) is -4.35. The quantitative estimate of drug-likeness (QED) is 0.0566. The molecule has 0 amide bonds. The molecule has 1 rings (SSSR count). The van der Waals surface area contributed by atoms with Crippen molar-refractivity contribution in [1.29, 1.82) is 0 Å². The van der Waals surface area contributed by atoms with Gasteiger partial charge in [0.15, 0.2) is 11.6 Å². The van der Waals surface area contributed by atoms with Gasteiger partial charge in [0.05, 0.1) is 0 Å². The van der Waals surface area contributed by atoms with Crippen LogP contribution in [0.15, 0.2) is 0 Å². The van der Waals surface area contributed by atoms with Crippen LogP contribution < -0.4 is 0 Å². The van der Waals surface area contributed by atoms with Crippen LogP contribution in [0.4, 0.5) is 0 Å². The third kappa shape index (κ3) is 15.7. The first-order valence-corrected chi connectivity index (χ1v) is 20.3. The number of carbonyl (C=O) groups excluding carboxylic acids is 2. The molecule has 45 heavy (non-hydrogen) atoms. The first-order chi connectivity index (χ1) is 21.6. The number of Topliss-reactive ketones (excluding diaryl/α,β-unsaturated/α-hetero) is 2. The van der Waals surface area contributed by atoms with Gasteiger partial charge in [-0.1, -0.05) is 168 Å². The summed E-state index contributed by atoms with van der Waals surface area (Å²) in [6.45, 7) is 7.20. The van der Waals surface area contributed by atoms with Crippen LogP contribution in [0.3, 0.4) is 0 Å². The molecule has 0 saturated carbocycles. The molecule has 8 heteroatoms. The van der Waals surface area contributed by atoms with E-state index in [9.17, 15) is 23.1 Å². The van der Waals surface area contributed by atoms with Crippen LogP contribution in [-0.4, -0.2) is 37.0 Å². The highest BCUT2D eigenvalue weighted by Gasteiger charge is 2.71. The maximum atomic E-state index is 13.6. The van der Waals surface area contributed by atoms with E-state index in [0.29, 0.717) is 12.8 Å². The Morgan fingerprint density at radius 3 is 1.02 bits per heavy atom. The molecule has 0 aliphatic carbocycles. The molecule has 1 saturated heterocycles. The second-order valence-electron chi connectivity index (χ2n) is 13.9. The van der Waals surface area contributed by atoms with Crippen molar-refractivity contribution < 1.29 is 31.5 Å². The molecule has 266 valence electrons. The van der Waals surface area contributed by atoms with Gasteiger partial charge in [-0.2, -0.15) is 8.42 Å². The van der Waals surface area contributed by atoms with Gasteiger partial charge in [0.2, 0.25) is 0 Å². The van der Waals surface area contributed by atoms with E-state index in [1.54, 1.807) is 0 Å². The Balaban J connectivity index is 2.44. The van der Waals surface area contributed by atoms with Crippen LogP contribution in [0.25, 0.3) is 0 Å². The summed E-state index contributed by atoms with van der Waals surface area (Å²) in [4.78, 5) is 27.2. The highest BCUT2D eigenvalue weighted by Crippen LogP contribution is 2.50. The van der Waals surface area contributed by atoms with Crippen molar-refractivity contribution in [3.05, 3.63) is 0 Å². The number of aliphatic hydroxyl groups is 1. The summed E-state index contributed by atoms with van der Waals surface area (Å²) >= 11 is 0. The second kappa shape index (κ2) is 24.3. The standard InChI is InChI=1S/C37H70O7S/c1-5-7-9-11-13-15-17-19-21-23-25-27-29-31-34(39)36(4,37(33(3)38)43-45(41,42)44-37)35(40)32-30-28-26-24-22-20-18-16-14-12-10-8-6-2/h33,38H,5-32H2,1-4H3. The maximum Gasteiger partial charge on any atom is 0.405 e. The number of aliphatic hydroxyl groups excluding tert-OH is 1. The Morgan fingerprint density at radius 1 is 0.556 bits per heavy atom. The van der Waals surface area contributed by atoms with Gasteiger partial charge >= 0.3 is 10.4 Å². The lowest BCUT2D eigenvalue weighted by molar-refractivity contribution is -0.284. The van der Waals surface area contributed by atoms with Crippen molar-refractivity contribution in [3.8, 4) is 0 Å². The number of hydrogen-bond donors (Lipinski definition) is 1. The van der Waals surface area contributed by atoms with Crippen LogP contribution in [0.2, 0.25) is 0 Å². The Labute approximate surface area is 277 Å².